The maximum absolute atomic E-state index is 12.5. The Balaban J connectivity index is 1.64. The molecule has 1 aromatic heterocycles. The molecule has 2 heterocycles. The Hall–Kier alpha value is -2.60. The predicted octanol–water partition coefficient (Wildman–Crippen LogP) is 2.40. The molecule has 1 amide bonds. The highest BCUT2D eigenvalue weighted by atomic mass is 35.5. The fraction of sp³-hybridized carbons (Fsp3) is 0.235. The van der Waals surface area contributed by atoms with E-state index in [0.717, 1.165) is 5.69 Å². The maximum Gasteiger partial charge on any atom is 0.354 e. The van der Waals surface area contributed by atoms with Gasteiger partial charge in [0.05, 0.1) is 22.5 Å². The van der Waals surface area contributed by atoms with Crippen molar-refractivity contribution in [2.75, 3.05) is 31.1 Å². The second-order valence-corrected chi connectivity index (χ2v) is 5.87. The number of aromatic carboxylic acids is 1. The van der Waals surface area contributed by atoms with E-state index in [1.54, 1.807) is 41.4 Å². The number of hydrogen-bond donors (Lipinski definition) is 1. The molecule has 0 bridgehead atoms. The fourth-order valence-electron chi connectivity index (χ4n) is 2.67. The third kappa shape index (κ3) is 3.33. The summed E-state index contributed by atoms with van der Waals surface area (Å²) >= 11 is 6.09. The Kier molecular flexibility index (Phi) is 4.66. The predicted molar refractivity (Wildman–Crippen MR) is 90.8 cm³/mol. The van der Waals surface area contributed by atoms with Crippen LogP contribution in [0.1, 0.15) is 20.8 Å². The number of carboxylic acid groups (broad SMARTS) is 1. The number of halogens is 1. The molecular weight excluding hydrogens is 330 g/mol. The van der Waals surface area contributed by atoms with E-state index in [9.17, 15) is 9.59 Å². The Morgan fingerprint density at radius 2 is 1.75 bits per heavy atom. The van der Waals surface area contributed by atoms with Crippen LogP contribution in [0.3, 0.4) is 0 Å². The summed E-state index contributed by atoms with van der Waals surface area (Å²) in [6, 6.07) is 10.3. The molecule has 1 aromatic carbocycles. The summed E-state index contributed by atoms with van der Waals surface area (Å²) in [6.07, 6.45) is 1.55. The first-order valence-electron chi connectivity index (χ1n) is 7.54. The van der Waals surface area contributed by atoms with E-state index < -0.39 is 5.97 Å². The van der Waals surface area contributed by atoms with Crippen LogP contribution >= 0.6 is 11.6 Å². The Labute approximate surface area is 144 Å². The minimum atomic E-state index is -1.04. The molecule has 0 aliphatic carbocycles. The van der Waals surface area contributed by atoms with Gasteiger partial charge in [0.15, 0.2) is 0 Å². The van der Waals surface area contributed by atoms with Gasteiger partial charge in [-0.2, -0.15) is 0 Å². The van der Waals surface area contributed by atoms with Crippen molar-refractivity contribution in [3.63, 3.8) is 0 Å². The second kappa shape index (κ2) is 6.88. The molecule has 1 fully saturated rings. The average molecular weight is 346 g/mol. The smallest absolute Gasteiger partial charge is 0.354 e. The first-order chi connectivity index (χ1) is 11.6. The van der Waals surface area contributed by atoms with Gasteiger partial charge in [-0.15, -0.1) is 0 Å². The van der Waals surface area contributed by atoms with Crippen molar-refractivity contribution in [3.8, 4) is 0 Å². The molecule has 0 atom stereocenters. The number of benzene rings is 1. The van der Waals surface area contributed by atoms with Crippen LogP contribution in [0.5, 0.6) is 0 Å². The number of nitrogens with zero attached hydrogens (tertiary/aromatic N) is 3. The first kappa shape index (κ1) is 16.3. The minimum Gasteiger partial charge on any atom is -0.477 e. The standard InChI is InChI=1S/C17H16ClN3O3/c18-14-4-2-1-3-13(14)16(22)21-9-7-20(8-10-21)12-5-6-15(17(23)24)19-11-12/h1-6,11H,7-10H2,(H,23,24). The van der Waals surface area contributed by atoms with Crippen LogP contribution < -0.4 is 4.90 Å². The summed E-state index contributed by atoms with van der Waals surface area (Å²) in [5.41, 5.74) is 1.39. The molecule has 0 unspecified atom stereocenters. The second-order valence-electron chi connectivity index (χ2n) is 5.47. The summed E-state index contributed by atoms with van der Waals surface area (Å²) in [7, 11) is 0. The molecule has 0 saturated carbocycles. The topological polar surface area (TPSA) is 73.7 Å². The molecule has 3 rings (SSSR count). The van der Waals surface area contributed by atoms with Crippen LogP contribution in [0, 0.1) is 0 Å². The van der Waals surface area contributed by atoms with Crippen LogP contribution in [-0.2, 0) is 0 Å². The molecule has 0 spiro atoms. The number of aromatic nitrogens is 1. The van der Waals surface area contributed by atoms with E-state index in [0.29, 0.717) is 36.8 Å². The van der Waals surface area contributed by atoms with Crippen molar-refractivity contribution in [2.45, 2.75) is 0 Å². The van der Waals surface area contributed by atoms with Crippen molar-refractivity contribution in [1.82, 2.24) is 9.88 Å². The van der Waals surface area contributed by atoms with Gasteiger partial charge in [-0.3, -0.25) is 4.79 Å². The van der Waals surface area contributed by atoms with Crippen molar-refractivity contribution in [2.24, 2.45) is 0 Å². The van der Waals surface area contributed by atoms with E-state index in [2.05, 4.69) is 9.88 Å². The summed E-state index contributed by atoms with van der Waals surface area (Å²) < 4.78 is 0. The summed E-state index contributed by atoms with van der Waals surface area (Å²) in [6.45, 7) is 2.46. The highest BCUT2D eigenvalue weighted by Gasteiger charge is 2.23. The highest BCUT2D eigenvalue weighted by Crippen LogP contribution is 2.20. The molecule has 1 aliphatic rings. The number of carbonyl (C=O) groups excluding carboxylic acids is 1. The third-order valence-electron chi connectivity index (χ3n) is 4.00. The van der Waals surface area contributed by atoms with Gasteiger partial charge in [-0.25, -0.2) is 9.78 Å². The van der Waals surface area contributed by atoms with Gasteiger partial charge in [-0.1, -0.05) is 23.7 Å². The molecule has 24 heavy (non-hydrogen) atoms. The molecule has 1 N–H and O–H groups in total. The van der Waals surface area contributed by atoms with Crippen LogP contribution in [-0.4, -0.2) is 53.0 Å². The number of piperazine rings is 1. The molecule has 0 radical (unpaired) electrons. The lowest BCUT2D eigenvalue weighted by atomic mass is 10.1. The molecular formula is C17H16ClN3O3. The lowest BCUT2D eigenvalue weighted by molar-refractivity contribution is 0.0688. The van der Waals surface area contributed by atoms with Gasteiger partial charge in [0, 0.05) is 26.2 Å². The third-order valence-corrected chi connectivity index (χ3v) is 4.33. The summed E-state index contributed by atoms with van der Waals surface area (Å²) in [5.74, 6) is -1.11. The molecule has 2 aromatic rings. The van der Waals surface area contributed by atoms with E-state index >= 15 is 0 Å². The minimum absolute atomic E-state index is 0.0197. The van der Waals surface area contributed by atoms with Gasteiger partial charge in [0.25, 0.3) is 5.91 Å². The Bertz CT molecular complexity index is 756. The van der Waals surface area contributed by atoms with Gasteiger partial charge < -0.3 is 14.9 Å². The van der Waals surface area contributed by atoms with Crippen LogP contribution in [0.4, 0.5) is 5.69 Å². The summed E-state index contributed by atoms with van der Waals surface area (Å²) in [4.78, 5) is 31.1. The van der Waals surface area contributed by atoms with Crippen LogP contribution in [0.25, 0.3) is 0 Å². The largest absolute Gasteiger partial charge is 0.477 e. The van der Waals surface area contributed by atoms with E-state index in [1.807, 2.05) is 0 Å². The zero-order valence-corrected chi connectivity index (χ0v) is 13.6. The zero-order valence-electron chi connectivity index (χ0n) is 12.9. The maximum atomic E-state index is 12.5. The summed E-state index contributed by atoms with van der Waals surface area (Å²) in [5, 5.41) is 9.34. The number of carbonyl (C=O) groups is 2. The number of anilines is 1. The average Bonchev–Trinajstić information content (AvgIpc) is 2.62. The normalized spacial score (nSPS) is 14.5. The van der Waals surface area contributed by atoms with Crippen molar-refractivity contribution < 1.29 is 14.7 Å². The Morgan fingerprint density at radius 1 is 1.04 bits per heavy atom. The number of pyridine rings is 1. The number of carboxylic acids is 1. The quantitative estimate of drug-likeness (QED) is 0.924. The van der Waals surface area contributed by atoms with Crippen LogP contribution in [0.15, 0.2) is 42.6 Å². The van der Waals surface area contributed by atoms with E-state index in [1.165, 1.54) is 6.07 Å². The van der Waals surface area contributed by atoms with Crippen LogP contribution in [0.2, 0.25) is 5.02 Å². The number of hydrogen-bond acceptors (Lipinski definition) is 4. The monoisotopic (exact) mass is 345 g/mol. The van der Waals surface area contributed by atoms with E-state index in [4.69, 9.17) is 16.7 Å². The molecule has 124 valence electrons. The van der Waals surface area contributed by atoms with Crippen molar-refractivity contribution in [3.05, 3.63) is 58.9 Å². The van der Waals surface area contributed by atoms with Crippen molar-refractivity contribution >= 4 is 29.2 Å². The van der Waals surface area contributed by atoms with Gasteiger partial charge in [0.1, 0.15) is 5.69 Å². The first-order valence-corrected chi connectivity index (χ1v) is 7.92. The molecule has 1 aliphatic heterocycles. The van der Waals surface area contributed by atoms with Gasteiger partial charge in [-0.05, 0) is 24.3 Å². The molecule has 7 heteroatoms. The highest BCUT2D eigenvalue weighted by molar-refractivity contribution is 6.33. The Morgan fingerprint density at radius 3 is 2.33 bits per heavy atom. The van der Waals surface area contributed by atoms with Gasteiger partial charge in [0.2, 0.25) is 0 Å². The van der Waals surface area contributed by atoms with E-state index in [-0.39, 0.29) is 11.6 Å². The lowest BCUT2D eigenvalue weighted by Gasteiger charge is -2.36. The SMILES string of the molecule is O=C(O)c1ccc(N2CCN(C(=O)c3ccccc3Cl)CC2)cn1. The zero-order chi connectivity index (χ0) is 17.1. The number of rotatable bonds is 3. The number of amides is 1. The lowest BCUT2D eigenvalue weighted by Crippen LogP contribution is -2.48. The van der Waals surface area contributed by atoms with Crippen molar-refractivity contribution in [1.29, 1.82) is 0 Å². The molecule has 6 nitrogen and oxygen atoms in total. The fourth-order valence-corrected chi connectivity index (χ4v) is 2.89. The van der Waals surface area contributed by atoms with Gasteiger partial charge >= 0.3 is 5.97 Å². The molecule has 1 saturated heterocycles.